The Labute approximate surface area is 136 Å². The van der Waals surface area contributed by atoms with Crippen LogP contribution in [0.5, 0.6) is 0 Å². The highest BCUT2D eigenvalue weighted by Gasteiger charge is 2.29. The average molecular weight is 309 g/mol. The van der Waals surface area contributed by atoms with Gasteiger partial charge in [0.25, 0.3) is 5.56 Å². The van der Waals surface area contributed by atoms with E-state index in [4.69, 9.17) is 4.98 Å². The molecule has 0 amide bonds. The summed E-state index contributed by atoms with van der Waals surface area (Å²) in [6.45, 7) is 6.94. The fraction of sp³-hybridized carbons (Fsp3) is 0.474. The largest absolute Gasteiger partial charge is 0.310 e. The van der Waals surface area contributed by atoms with Crippen molar-refractivity contribution in [2.75, 3.05) is 6.54 Å². The molecule has 2 aromatic rings. The van der Waals surface area contributed by atoms with Crippen LogP contribution in [0.3, 0.4) is 0 Å². The second-order valence-electron chi connectivity index (χ2n) is 7.04. The van der Waals surface area contributed by atoms with Crippen molar-refractivity contribution in [3.8, 4) is 0 Å². The highest BCUT2D eigenvalue weighted by atomic mass is 16.1. The van der Waals surface area contributed by atoms with Crippen LogP contribution in [-0.2, 0) is 19.5 Å². The van der Waals surface area contributed by atoms with Crippen LogP contribution < -0.4 is 5.56 Å². The molecule has 1 fully saturated rings. The number of rotatable bonds is 3. The summed E-state index contributed by atoms with van der Waals surface area (Å²) in [4.78, 5) is 22.4. The number of fused-ring (bicyclic) bond motifs is 1. The first kappa shape index (κ1) is 14.6. The van der Waals surface area contributed by atoms with Crippen LogP contribution in [0.4, 0.5) is 0 Å². The Kier molecular flexibility index (Phi) is 3.57. The molecule has 0 atom stereocenters. The third-order valence-corrected chi connectivity index (χ3v) is 5.03. The van der Waals surface area contributed by atoms with Gasteiger partial charge in [0.15, 0.2) is 0 Å². The molecule has 4 heteroatoms. The Hall–Kier alpha value is -1.94. The molecule has 120 valence electrons. The summed E-state index contributed by atoms with van der Waals surface area (Å²) in [5.74, 6) is 1.39. The molecule has 0 bridgehead atoms. The van der Waals surface area contributed by atoms with Gasteiger partial charge in [-0.1, -0.05) is 23.8 Å². The first-order valence-electron chi connectivity index (χ1n) is 8.50. The topological polar surface area (TPSA) is 49.0 Å². The van der Waals surface area contributed by atoms with E-state index in [-0.39, 0.29) is 5.56 Å². The number of H-pyrrole nitrogens is 1. The van der Waals surface area contributed by atoms with Crippen molar-refractivity contribution in [2.24, 2.45) is 0 Å². The maximum atomic E-state index is 12.3. The van der Waals surface area contributed by atoms with Gasteiger partial charge >= 0.3 is 0 Å². The predicted molar refractivity (Wildman–Crippen MR) is 90.6 cm³/mol. The molecule has 1 aromatic carbocycles. The molecular formula is C19H23N3O. The number of hydrogen-bond donors (Lipinski definition) is 1. The number of nitrogens with one attached hydrogen (secondary N) is 1. The maximum absolute atomic E-state index is 12.3. The zero-order valence-corrected chi connectivity index (χ0v) is 13.9. The molecule has 1 aromatic heterocycles. The predicted octanol–water partition coefficient (Wildman–Crippen LogP) is 2.82. The number of nitrogens with zero attached hydrogens (tertiary/aromatic N) is 2. The summed E-state index contributed by atoms with van der Waals surface area (Å²) in [7, 11) is 0. The molecule has 0 unspecified atom stereocenters. The summed E-state index contributed by atoms with van der Waals surface area (Å²) in [5, 5.41) is 0. The molecule has 0 spiro atoms. The minimum atomic E-state index is 0.0864. The van der Waals surface area contributed by atoms with Gasteiger partial charge in [0, 0.05) is 31.1 Å². The Balaban J connectivity index is 1.58. The Morgan fingerprint density at radius 3 is 2.91 bits per heavy atom. The maximum Gasteiger partial charge on any atom is 0.254 e. The minimum Gasteiger partial charge on any atom is -0.310 e. The van der Waals surface area contributed by atoms with Gasteiger partial charge in [-0.15, -0.1) is 0 Å². The van der Waals surface area contributed by atoms with Gasteiger partial charge in [-0.3, -0.25) is 9.69 Å². The van der Waals surface area contributed by atoms with E-state index in [1.165, 1.54) is 16.7 Å². The molecule has 0 saturated heterocycles. The molecule has 1 N–H and O–H groups in total. The molecule has 4 nitrogen and oxygen atoms in total. The first-order valence-corrected chi connectivity index (χ1v) is 8.50. The van der Waals surface area contributed by atoms with Crippen LogP contribution in [-0.4, -0.2) is 21.4 Å². The van der Waals surface area contributed by atoms with Gasteiger partial charge in [0.1, 0.15) is 5.82 Å². The standard InChI is InChI=1S/C19H23N3O/c1-12-3-4-13(2)15(9-12)10-22-8-7-16-17(11-22)20-18(14-5-6-14)21-19(16)23/h3-4,9,14H,5-8,10-11H2,1-2H3,(H,20,21,23). The summed E-state index contributed by atoms with van der Waals surface area (Å²) in [6, 6.07) is 6.62. The molecular weight excluding hydrogens is 286 g/mol. The van der Waals surface area contributed by atoms with Gasteiger partial charge in [-0.2, -0.15) is 0 Å². The third-order valence-electron chi connectivity index (χ3n) is 5.03. The Bertz CT molecular complexity index is 805. The van der Waals surface area contributed by atoms with Crippen LogP contribution >= 0.6 is 0 Å². The number of benzene rings is 1. The quantitative estimate of drug-likeness (QED) is 0.948. The second kappa shape index (κ2) is 5.60. The van der Waals surface area contributed by atoms with E-state index < -0.39 is 0 Å². The van der Waals surface area contributed by atoms with Crippen LogP contribution in [0.15, 0.2) is 23.0 Å². The molecule has 23 heavy (non-hydrogen) atoms. The lowest BCUT2D eigenvalue weighted by molar-refractivity contribution is 0.239. The highest BCUT2D eigenvalue weighted by molar-refractivity contribution is 5.31. The first-order chi connectivity index (χ1) is 11.1. The van der Waals surface area contributed by atoms with Gasteiger partial charge in [0.2, 0.25) is 0 Å². The highest BCUT2D eigenvalue weighted by Crippen LogP contribution is 2.37. The van der Waals surface area contributed by atoms with Crippen LogP contribution in [0.2, 0.25) is 0 Å². The van der Waals surface area contributed by atoms with E-state index in [1.54, 1.807) is 0 Å². The molecule has 2 aliphatic rings. The number of aryl methyl sites for hydroxylation is 2. The monoisotopic (exact) mass is 309 g/mol. The van der Waals surface area contributed by atoms with Gasteiger partial charge in [-0.25, -0.2) is 4.98 Å². The summed E-state index contributed by atoms with van der Waals surface area (Å²) < 4.78 is 0. The van der Waals surface area contributed by atoms with Crippen molar-refractivity contribution in [3.63, 3.8) is 0 Å². The molecule has 1 aliphatic heterocycles. The SMILES string of the molecule is Cc1ccc(C)c(CN2CCc3c(nc(C4CC4)[nH]c3=O)C2)c1. The van der Waals surface area contributed by atoms with Crippen LogP contribution in [0, 0.1) is 13.8 Å². The summed E-state index contributed by atoms with van der Waals surface area (Å²) >= 11 is 0. The molecule has 2 heterocycles. The Morgan fingerprint density at radius 2 is 2.13 bits per heavy atom. The molecule has 4 rings (SSSR count). The van der Waals surface area contributed by atoms with Crippen molar-refractivity contribution in [2.45, 2.75) is 52.1 Å². The smallest absolute Gasteiger partial charge is 0.254 e. The van der Waals surface area contributed by atoms with Gasteiger partial charge in [-0.05, 0) is 44.2 Å². The van der Waals surface area contributed by atoms with Crippen molar-refractivity contribution < 1.29 is 0 Å². The Morgan fingerprint density at radius 1 is 1.30 bits per heavy atom. The molecule has 1 saturated carbocycles. The normalized spacial score (nSPS) is 18.0. The zero-order chi connectivity index (χ0) is 16.0. The summed E-state index contributed by atoms with van der Waals surface area (Å²) in [5.41, 5.74) is 5.98. The van der Waals surface area contributed by atoms with Crippen molar-refractivity contribution >= 4 is 0 Å². The number of aromatic amines is 1. The second-order valence-corrected chi connectivity index (χ2v) is 7.04. The van der Waals surface area contributed by atoms with E-state index in [1.807, 2.05) is 0 Å². The van der Waals surface area contributed by atoms with Crippen molar-refractivity contribution in [3.05, 3.63) is 62.3 Å². The molecule has 1 aliphatic carbocycles. The number of aromatic nitrogens is 2. The van der Waals surface area contributed by atoms with Crippen LogP contribution in [0.1, 0.15) is 52.5 Å². The van der Waals surface area contributed by atoms with Crippen molar-refractivity contribution in [1.82, 2.24) is 14.9 Å². The average Bonchev–Trinajstić information content (AvgIpc) is 3.35. The lowest BCUT2D eigenvalue weighted by atomic mass is 10.0. The minimum absolute atomic E-state index is 0.0864. The zero-order valence-electron chi connectivity index (χ0n) is 13.9. The van der Waals surface area contributed by atoms with Gasteiger partial charge < -0.3 is 4.98 Å². The fourth-order valence-electron chi connectivity index (χ4n) is 3.41. The fourth-order valence-corrected chi connectivity index (χ4v) is 3.41. The van der Waals surface area contributed by atoms with E-state index in [9.17, 15) is 4.79 Å². The summed E-state index contributed by atoms with van der Waals surface area (Å²) in [6.07, 6.45) is 3.12. The van der Waals surface area contributed by atoms with E-state index in [0.717, 1.165) is 56.0 Å². The number of hydrogen-bond acceptors (Lipinski definition) is 3. The molecule has 0 radical (unpaired) electrons. The van der Waals surface area contributed by atoms with E-state index >= 15 is 0 Å². The lowest BCUT2D eigenvalue weighted by Gasteiger charge is -2.28. The van der Waals surface area contributed by atoms with E-state index in [0.29, 0.717) is 5.92 Å². The third kappa shape index (κ3) is 2.95. The van der Waals surface area contributed by atoms with Crippen LogP contribution in [0.25, 0.3) is 0 Å². The van der Waals surface area contributed by atoms with Gasteiger partial charge in [0.05, 0.1) is 5.69 Å². The lowest BCUT2D eigenvalue weighted by Crippen LogP contribution is -2.35. The van der Waals surface area contributed by atoms with E-state index in [2.05, 4.69) is 41.9 Å². The van der Waals surface area contributed by atoms with Crippen molar-refractivity contribution in [1.29, 1.82) is 0 Å².